The molecule has 1 N–H and O–H groups in total. The monoisotopic (exact) mass is 391 g/mol. The van der Waals surface area contributed by atoms with Gasteiger partial charge in [0, 0.05) is 16.9 Å². The van der Waals surface area contributed by atoms with E-state index in [-0.39, 0.29) is 12.5 Å². The Morgan fingerprint density at radius 2 is 1.96 bits per heavy atom. The minimum Gasteiger partial charge on any atom is -0.339 e. The molecule has 1 aliphatic heterocycles. The Kier molecular flexibility index (Phi) is 5.02. The van der Waals surface area contributed by atoms with Crippen LogP contribution >= 0.6 is 22.9 Å². The number of carbonyl (C=O) groups is 3. The number of halogens is 1. The molecule has 6 nitrogen and oxygen atoms in total. The van der Waals surface area contributed by atoms with Crippen LogP contribution in [-0.4, -0.2) is 41.2 Å². The standard InChI is InChI=1S/C18H18ClN3O3S/c1-18(12-5-7-13(19)8-6-12)16(24)22(17(25)20-18)11-15(23)21(2)10-14-4-3-9-26-14/h3-9H,10-11H2,1-2H3,(H,20,25)/t18-/m0/s1. The first kappa shape index (κ1) is 18.4. The highest BCUT2D eigenvalue weighted by Gasteiger charge is 2.49. The maximum Gasteiger partial charge on any atom is 0.325 e. The summed E-state index contributed by atoms with van der Waals surface area (Å²) in [6.45, 7) is 1.76. The molecule has 26 heavy (non-hydrogen) atoms. The molecule has 0 bridgehead atoms. The number of thiophene rings is 1. The summed E-state index contributed by atoms with van der Waals surface area (Å²) in [7, 11) is 1.65. The first-order chi connectivity index (χ1) is 12.3. The highest BCUT2D eigenvalue weighted by Crippen LogP contribution is 2.29. The largest absolute Gasteiger partial charge is 0.339 e. The van der Waals surface area contributed by atoms with E-state index in [9.17, 15) is 14.4 Å². The van der Waals surface area contributed by atoms with E-state index in [2.05, 4.69) is 5.32 Å². The predicted octanol–water partition coefficient (Wildman–Crippen LogP) is 2.83. The van der Waals surface area contributed by atoms with Crippen LogP contribution < -0.4 is 5.32 Å². The van der Waals surface area contributed by atoms with Crippen LogP contribution in [0.3, 0.4) is 0 Å². The summed E-state index contributed by atoms with van der Waals surface area (Å²) in [6, 6.07) is 9.95. The molecule has 0 saturated carbocycles. The fraction of sp³-hybridized carbons (Fsp3) is 0.278. The normalized spacial score (nSPS) is 19.6. The number of benzene rings is 1. The van der Waals surface area contributed by atoms with Crippen LogP contribution in [0.2, 0.25) is 5.02 Å². The van der Waals surface area contributed by atoms with Crippen molar-refractivity contribution in [3.8, 4) is 0 Å². The van der Waals surface area contributed by atoms with Gasteiger partial charge in [0.15, 0.2) is 0 Å². The summed E-state index contributed by atoms with van der Waals surface area (Å²) < 4.78 is 0. The Bertz CT molecular complexity index is 838. The fourth-order valence-electron chi connectivity index (χ4n) is 2.80. The molecule has 0 aliphatic carbocycles. The molecule has 1 fully saturated rings. The third-order valence-electron chi connectivity index (χ3n) is 4.39. The third kappa shape index (κ3) is 3.45. The number of urea groups is 1. The van der Waals surface area contributed by atoms with E-state index in [0.717, 1.165) is 9.78 Å². The Labute approximate surface area is 160 Å². The Morgan fingerprint density at radius 1 is 1.27 bits per heavy atom. The first-order valence-corrected chi connectivity index (χ1v) is 9.23. The lowest BCUT2D eigenvalue weighted by molar-refractivity contribution is -0.138. The fourth-order valence-corrected chi connectivity index (χ4v) is 3.68. The van der Waals surface area contributed by atoms with Crippen LogP contribution in [0.5, 0.6) is 0 Å². The molecule has 136 valence electrons. The van der Waals surface area contributed by atoms with Gasteiger partial charge in [0.05, 0.1) is 6.54 Å². The van der Waals surface area contributed by atoms with Gasteiger partial charge >= 0.3 is 6.03 Å². The van der Waals surface area contributed by atoms with Gasteiger partial charge in [0.25, 0.3) is 5.91 Å². The Morgan fingerprint density at radius 3 is 2.58 bits per heavy atom. The number of hydrogen-bond donors (Lipinski definition) is 1. The summed E-state index contributed by atoms with van der Waals surface area (Å²) in [5.74, 6) is -0.759. The highest BCUT2D eigenvalue weighted by atomic mass is 35.5. The van der Waals surface area contributed by atoms with Gasteiger partial charge in [-0.2, -0.15) is 0 Å². The molecule has 4 amide bonds. The van der Waals surface area contributed by atoms with E-state index in [4.69, 9.17) is 11.6 Å². The molecule has 3 rings (SSSR count). The number of likely N-dealkylation sites (N-methyl/N-ethyl adjacent to an activating group) is 1. The van der Waals surface area contributed by atoms with Crippen molar-refractivity contribution in [2.45, 2.75) is 19.0 Å². The molecule has 1 saturated heterocycles. The van der Waals surface area contributed by atoms with Gasteiger partial charge in [-0.1, -0.05) is 29.8 Å². The highest BCUT2D eigenvalue weighted by molar-refractivity contribution is 7.09. The van der Waals surface area contributed by atoms with Crippen molar-refractivity contribution < 1.29 is 14.4 Å². The molecular weight excluding hydrogens is 374 g/mol. The van der Waals surface area contributed by atoms with Gasteiger partial charge in [-0.05, 0) is 36.1 Å². The number of carbonyl (C=O) groups excluding carboxylic acids is 3. The summed E-state index contributed by atoms with van der Waals surface area (Å²) in [5.41, 5.74) is -0.601. The van der Waals surface area contributed by atoms with Crippen molar-refractivity contribution in [3.63, 3.8) is 0 Å². The molecule has 2 heterocycles. The van der Waals surface area contributed by atoms with Gasteiger partial charge in [-0.3, -0.25) is 14.5 Å². The zero-order chi connectivity index (χ0) is 18.9. The maximum atomic E-state index is 12.8. The summed E-state index contributed by atoms with van der Waals surface area (Å²) in [4.78, 5) is 41.1. The summed E-state index contributed by atoms with van der Waals surface area (Å²) >= 11 is 7.43. The average molecular weight is 392 g/mol. The predicted molar refractivity (Wildman–Crippen MR) is 99.8 cm³/mol. The van der Waals surface area contributed by atoms with E-state index >= 15 is 0 Å². The van der Waals surface area contributed by atoms with E-state index in [1.807, 2.05) is 17.5 Å². The molecule has 0 unspecified atom stereocenters. The van der Waals surface area contributed by atoms with Crippen molar-refractivity contribution in [3.05, 3.63) is 57.2 Å². The number of amides is 4. The number of hydrogen-bond acceptors (Lipinski definition) is 4. The lowest BCUT2D eigenvalue weighted by Gasteiger charge is -2.23. The van der Waals surface area contributed by atoms with Gasteiger partial charge in [-0.25, -0.2) is 4.79 Å². The molecule has 1 aromatic carbocycles. The maximum absolute atomic E-state index is 12.8. The molecule has 1 atom stereocenters. The second-order valence-electron chi connectivity index (χ2n) is 6.28. The molecule has 0 radical (unpaired) electrons. The smallest absolute Gasteiger partial charge is 0.325 e. The lowest BCUT2D eigenvalue weighted by Crippen LogP contribution is -2.43. The average Bonchev–Trinajstić information content (AvgIpc) is 3.18. The minimum atomic E-state index is -1.21. The van der Waals surface area contributed by atoms with Gasteiger partial charge < -0.3 is 10.2 Å². The summed E-state index contributed by atoms with van der Waals surface area (Å²) in [6.07, 6.45) is 0. The van der Waals surface area contributed by atoms with E-state index in [0.29, 0.717) is 17.1 Å². The van der Waals surface area contributed by atoms with Crippen molar-refractivity contribution in [2.75, 3.05) is 13.6 Å². The number of imide groups is 1. The van der Waals surface area contributed by atoms with Crippen LogP contribution in [-0.2, 0) is 21.7 Å². The van der Waals surface area contributed by atoms with Crippen LogP contribution in [0, 0.1) is 0 Å². The van der Waals surface area contributed by atoms with E-state index in [1.165, 1.54) is 4.90 Å². The molecule has 2 aromatic rings. The van der Waals surface area contributed by atoms with Crippen molar-refractivity contribution in [2.24, 2.45) is 0 Å². The molecule has 1 aromatic heterocycles. The Hall–Kier alpha value is -2.38. The van der Waals surface area contributed by atoms with E-state index in [1.54, 1.807) is 49.6 Å². The van der Waals surface area contributed by atoms with Gasteiger partial charge in [0.2, 0.25) is 5.91 Å². The van der Waals surface area contributed by atoms with Gasteiger partial charge in [-0.15, -0.1) is 11.3 Å². The number of rotatable bonds is 5. The van der Waals surface area contributed by atoms with Crippen LogP contribution in [0.4, 0.5) is 4.79 Å². The van der Waals surface area contributed by atoms with Gasteiger partial charge in [0.1, 0.15) is 12.1 Å². The van der Waals surface area contributed by atoms with Crippen molar-refractivity contribution in [1.29, 1.82) is 0 Å². The molecule has 8 heteroatoms. The molecular formula is C18H18ClN3O3S. The third-order valence-corrected chi connectivity index (χ3v) is 5.50. The second kappa shape index (κ2) is 7.09. The first-order valence-electron chi connectivity index (χ1n) is 7.98. The van der Waals surface area contributed by atoms with Crippen LogP contribution in [0.1, 0.15) is 17.4 Å². The zero-order valence-corrected chi connectivity index (χ0v) is 15.9. The van der Waals surface area contributed by atoms with Crippen molar-refractivity contribution in [1.82, 2.24) is 15.1 Å². The SMILES string of the molecule is CN(Cc1cccs1)C(=O)CN1C(=O)N[C@@](C)(c2ccc(Cl)cc2)C1=O. The number of nitrogens with zero attached hydrogens (tertiary/aromatic N) is 2. The lowest BCUT2D eigenvalue weighted by atomic mass is 9.92. The number of nitrogens with one attached hydrogen (secondary N) is 1. The Balaban J connectivity index is 1.72. The molecule has 1 aliphatic rings. The van der Waals surface area contributed by atoms with Crippen LogP contribution in [0.15, 0.2) is 41.8 Å². The second-order valence-corrected chi connectivity index (χ2v) is 7.75. The topological polar surface area (TPSA) is 69.7 Å². The minimum absolute atomic E-state index is 0.296. The van der Waals surface area contributed by atoms with E-state index < -0.39 is 17.5 Å². The van der Waals surface area contributed by atoms with Crippen LogP contribution in [0.25, 0.3) is 0 Å². The quantitative estimate of drug-likeness (QED) is 0.797. The zero-order valence-electron chi connectivity index (χ0n) is 14.4. The summed E-state index contributed by atoms with van der Waals surface area (Å²) in [5, 5.41) is 5.15. The molecule has 0 spiro atoms. The van der Waals surface area contributed by atoms with Crippen molar-refractivity contribution >= 4 is 40.8 Å².